The molecule has 0 aromatic heterocycles. The van der Waals surface area contributed by atoms with Crippen molar-refractivity contribution in [3.8, 4) is 0 Å². The number of benzene rings is 2. The average Bonchev–Trinajstić information content (AvgIpc) is 2.31. The van der Waals surface area contributed by atoms with Crippen LogP contribution in [0.1, 0.15) is 5.56 Å². The quantitative estimate of drug-likeness (QED) is 0.695. The van der Waals surface area contributed by atoms with Gasteiger partial charge in [-0.3, -0.25) is 0 Å². The summed E-state index contributed by atoms with van der Waals surface area (Å²) in [7, 11) is -3.90. The standard InChI is InChI=1S/C13H11F2NO2S/c14-10-5-6-13(11(15)7-10)19(17,18)8-9-3-1-2-4-12(9)16/h1-7H,8,16H2. The monoisotopic (exact) mass is 283 g/mol. The number of hydrogen-bond donors (Lipinski definition) is 1. The summed E-state index contributed by atoms with van der Waals surface area (Å²) < 4.78 is 50.4. The highest BCUT2D eigenvalue weighted by Gasteiger charge is 2.21. The van der Waals surface area contributed by atoms with Gasteiger partial charge in [0.25, 0.3) is 0 Å². The topological polar surface area (TPSA) is 60.2 Å². The predicted molar refractivity (Wildman–Crippen MR) is 68.1 cm³/mol. The molecule has 2 N–H and O–H groups in total. The lowest BCUT2D eigenvalue weighted by Gasteiger charge is -2.08. The van der Waals surface area contributed by atoms with Crippen molar-refractivity contribution in [1.82, 2.24) is 0 Å². The number of hydrogen-bond acceptors (Lipinski definition) is 3. The van der Waals surface area contributed by atoms with E-state index in [-0.39, 0.29) is 0 Å². The van der Waals surface area contributed by atoms with Crippen molar-refractivity contribution in [1.29, 1.82) is 0 Å². The Morgan fingerprint density at radius 3 is 2.37 bits per heavy atom. The molecule has 0 saturated carbocycles. The van der Waals surface area contributed by atoms with E-state index in [0.29, 0.717) is 17.3 Å². The van der Waals surface area contributed by atoms with Crippen molar-refractivity contribution in [2.75, 3.05) is 5.73 Å². The van der Waals surface area contributed by atoms with Crippen LogP contribution in [0.2, 0.25) is 0 Å². The summed E-state index contributed by atoms with van der Waals surface area (Å²) in [5, 5.41) is 0. The number of sulfone groups is 1. The predicted octanol–water partition coefficient (Wildman–Crippen LogP) is 2.52. The molecular formula is C13H11F2NO2S. The van der Waals surface area contributed by atoms with Crippen LogP contribution >= 0.6 is 0 Å². The molecule has 19 heavy (non-hydrogen) atoms. The SMILES string of the molecule is Nc1ccccc1CS(=O)(=O)c1ccc(F)cc1F. The van der Waals surface area contributed by atoms with Gasteiger partial charge < -0.3 is 5.73 Å². The van der Waals surface area contributed by atoms with Gasteiger partial charge in [0.15, 0.2) is 9.84 Å². The number of nitrogens with two attached hydrogens (primary N) is 1. The molecule has 2 aromatic carbocycles. The molecule has 0 aliphatic rings. The van der Waals surface area contributed by atoms with Crippen LogP contribution < -0.4 is 5.73 Å². The minimum absolute atomic E-state index is 0.314. The van der Waals surface area contributed by atoms with E-state index in [9.17, 15) is 17.2 Å². The van der Waals surface area contributed by atoms with Gasteiger partial charge in [-0.2, -0.15) is 0 Å². The van der Waals surface area contributed by atoms with Crippen molar-refractivity contribution < 1.29 is 17.2 Å². The zero-order valence-corrected chi connectivity index (χ0v) is 10.6. The molecule has 6 heteroatoms. The van der Waals surface area contributed by atoms with Gasteiger partial charge in [0.05, 0.1) is 5.75 Å². The van der Waals surface area contributed by atoms with Gasteiger partial charge in [-0.15, -0.1) is 0 Å². The van der Waals surface area contributed by atoms with Crippen LogP contribution in [0.25, 0.3) is 0 Å². The number of halogens is 2. The van der Waals surface area contributed by atoms with E-state index in [1.54, 1.807) is 24.3 Å². The zero-order chi connectivity index (χ0) is 14.0. The molecule has 0 aliphatic heterocycles. The van der Waals surface area contributed by atoms with Crippen LogP contribution in [0.15, 0.2) is 47.4 Å². The summed E-state index contributed by atoms with van der Waals surface area (Å²) in [6.07, 6.45) is 0. The third-order valence-corrected chi connectivity index (χ3v) is 4.32. The second-order valence-electron chi connectivity index (χ2n) is 4.03. The molecule has 0 radical (unpaired) electrons. The Bertz CT molecular complexity index is 714. The zero-order valence-electron chi connectivity index (χ0n) is 9.81. The van der Waals surface area contributed by atoms with Crippen molar-refractivity contribution in [3.63, 3.8) is 0 Å². The van der Waals surface area contributed by atoms with Crippen molar-refractivity contribution in [2.45, 2.75) is 10.6 Å². The molecular weight excluding hydrogens is 272 g/mol. The minimum atomic E-state index is -3.90. The Hall–Kier alpha value is -1.95. The van der Waals surface area contributed by atoms with E-state index in [1.165, 1.54) is 0 Å². The molecule has 0 aliphatic carbocycles. The van der Waals surface area contributed by atoms with Gasteiger partial charge in [0.2, 0.25) is 0 Å². The van der Waals surface area contributed by atoms with Crippen LogP contribution in [0.4, 0.5) is 14.5 Å². The van der Waals surface area contributed by atoms with E-state index in [1.807, 2.05) is 0 Å². The van der Waals surface area contributed by atoms with Crippen LogP contribution in [0, 0.1) is 11.6 Å². The van der Waals surface area contributed by atoms with Gasteiger partial charge in [0.1, 0.15) is 16.5 Å². The Balaban J connectivity index is 2.41. The number of anilines is 1. The second-order valence-corrected chi connectivity index (χ2v) is 5.99. The summed E-state index contributed by atoms with van der Waals surface area (Å²) in [6.45, 7) is 0. The maximum Gasteiger partial charge on any atom is 0.185 e. The van der Waals surface area contributed by atoms with Gasteiger partial charge in [0, 0.05) is 11.8 Å². The molecule has 0 bridgehead atoms. The van der Waals surface area contributed by atoms with Crippen molar-refractivity contribution in [2.24, 2.45) is 0 Å². The fraction of sp³-hybridized carbons (Fsp3) is 0.0769. The smallest absolute Gasteiger partial charge is 0.185 e. The summed E-state index contributed by atoms with van der Waals surface area (Å²) in [6, 6.07) is 8.79. The van der Waals surface area contributed by atoms with E-state index in [2.05, 4.69) is 0 Å². The Labute approximate surface area is 109 Å². The highest BCUT2D eigenvalue weighted by molar-refractivity contribution is 7.90. The minimum Gasteiger partial charge on any atom is -0.398 e. The molecule has 0 unspecified atom stereocenters. The fourth-order valence-corrected chi connectivity index (χ4v) is 3.13. The van der Waals surface area contributed by atoms with Crippen LogP contribution in [-0.4, -0.2) is 8.42 Å². The van der Waals surface area contributed by atoms with Crippen molar-refractivity contribution >= 4 is 15.5 Å². The van der Waals surface area contributed by atoms with E-state index in [4.69, 9.17) is 5.73 Å². The third-order valence-electron chi connectivity index (χ3n) is 2.63. The first-order valence-corrected chi connectivity index (χ1v) is 7.06. The number of para-hydroxylation sites is 1. The van der Waals surface area contributed by atoms with E-state index in [0.717, 1.165) is 12.1 Å². The highest BCUT2D eigenvalue weighted by atomic mass is 32.2. The average molecular weight is 283 g/mol. The highest BCUT2D eigenvalue weighted by Crippen LogP contribution is 2.22. The third kappa shape index (κ3) is 2.90. The lowest BCUT2D eigenvalue weighted by molar-refractivity contribution is 0.549. The molecule has 2 aromatic rings. The largest absolute Gasteiger partial charge is 0.398 e. The van der Waals surface area contributed by atoms with Gasteiger partial charge in [-0.25, -0.2) is 17.2 Å². The van der Waals surface area contributed by atoms with Gasteiger partial charge in [-0.05, 0) is 23.8 Å². The van der Waals surface area contributed by atoms with E-state index < -0.39 is 32.1 Å². The molecule has 2 rings (SSSR count). The summed E-state index contributed by atoms with van der Waals surface area (Å²) in [5.41, 5.74) is 6.34. The molecule has 0 atom stereocenters. The summed E-state index contributed by atoms with van der Waals surface area (Å²) in [4.78, 5) is -0.530. The Morgan fingerprint density at radius 2 is 1.74 bits per heavy atom. The Kier molecular flexibility index (Phi) is 3.53. The maximum atomic E-state index is 13.5. The molecule has 3 nitrogen and oxygen atoms in total. The lowest BCUT2D eigenvalue weighted by Crippen LogP contribution is -2.09. The second kappa shape index (κ2) is 4.97. The number of nitrogen functional groups attached to an aromatic ring is 1. The van der Waals surface area contributed by atoms with Crippen LogP contribution in [0.5, 0.6) is 0 Å². The van der Waals surface area contributed by atoms with Gasteiger partial charge >= 0.3 is 0 Å². The van der Waals surface area contributed by atoms with Crippen LogP contribution in [0.3, 0.4) is 0 Å². The molecule has 0 heterocycles. The Morgan fingerprint density at radius 1 is 1.05 bits per heavy atom. The molecule has 0 amide bonds. The lowest BCUT2D eigenvalue weighted by atomic mass is 10.2. The first-order valence-electron chi connectivity index (χ1n) is 5.41. The maximum absolute atomic E-state index is 13.5. The summed E-state index contributed by atoms with van der Waals surface area (Å²) in [5.74, 6) is -2.35. The van der Waals surface area contributed by atoms with Crippen LogP contribution in [-0.2, 0) is 15.6 Å². The fourth-order valence-electron chi connectivity index (χ4n) is 1.68. The summed E-state index contributed by atoms with van der Waals surface area (Å²) >= 11 is 0. The molecule has 0 saturated heterocycles. The molecule has 100 valence electrons. The van der Waals surface area contributed by atoms with Gasteiger partial charge in [-0.1, -0.05) is 18.2 Å². The van der Waals surface area contributed by atoms with Crippen molar-refractivity contribution in [3.05, 3.63) is 59.7 Å². The van der Waals surface area contributed by atoms with E-state index >= 15 is 0 Å². The molecule has 0 spiro atoms. The first kappa shape index (κ1) is 13.5. The molecule has 0 fully saturated rings. The normalized spacial score (nSPS) is 11.5. The number of rotatable bonds is 3. The first-order chi connectivity index (χ1) is 8.90.